The zero-order valence-electron chi connectivity index (χ0n) is 35.2. The third-order valence-corrected chi connectivity index (χ3v) is 16.0. The summed E-state index contributed by atoms with van der Waals surface area (Å²) in [5, 5.41) is 53.6. The Labute approximate surface area is 347 Å². The molecule has 340 valence electrons. The second-order valence-electron chi connectivity index (χ2n) is 18.8. The van der Waals surface area contributed by atoms with Crippen molar-refractivity contribution < 1.29 is 80.6 Å². The van der Waals surface area contributed by atoms with Crippen molar-refractivity contribution in [1.82, 2.24) is 0 Å². The Balaban J connectivity index is 0.992. The van der Waals surface area contributed by atoms with Gasteiger partial charge in [-0.3, -0.25) is 4.18 Å². The van der Waals surface area contributed by atoms with Gasteiger partial charge < -0.3 is 68.0 Å². The highest BCUT2D eigenvalue weighted by molar-refractivity contribution is 7.80. The number of hydrogen-bond donors (Lipinski definition) is 5. The van der Waals surface area contributed by atoms with E-state index in [4.69, 9.17) is 37.9 Å². The zero-order valence-corrected chi connectivity index (χ0v) is 36.1. The molecule has 3 heterocycles. The van der Waals surface area contributed by atoms with Gasteiger partial charge in [0.25, 0.3) is 0 Å². The van der Waals surface area contributed by atoms with Crippen molar-refractivity contribution in [3.8, 4) is 0 Å². The first kappa shape index (κ1) is 46.1. The van der Waals surface area contributed by atoms with Gasteiger partial charge in [0.15, 0.2) is 18.9 Å². The van der Waals surface area contributed by atoms with Crippen molar-refractivity contribution in [3.05, 3.63) is 11.6 Å². The van der Waals surface area contributed by atoms with Crippen LogP contribution < -0.4 is 0 Å². The molecule has 4 aliphatic carbocycles. The van der Waals surface area contributed by atoms with E-state index in [1.807, 2.05) is 6.92 Å². The molecule has 0 aromatic rings. The molecule has 0 spiro atoms. The minimum absolute atomic E-state index is 0.0268. The fourth-order valence-electron chi connectivity index (χ4n) is 12.5. The predicted octanol–water partition coefficient (Wildman–Crippen LogP) is 1.66. The summed E-state index contributed by atoms with van der Waals surface area (Å²) >= 11 is 0. The van der Waals surface area contributed by atoms with E-state index in [9.17, 15) is 38.5 Å². The Morgan fingerprint density at radius 1 is 0.831 bits per heavy atom. The van der Waals surface area contributed by atoms with Gasteiger partial charge >= 0.3 is 0 Å². The Hall–Kier alpha value is -0.910. The average molecular weight is 864 g/mol. The number of fused-ring (bicyclic) bond motifs is 5. The molecular formula is C41H67O17S-. The van der Waals surface area contributed by atoms with E-state index in [-0.39, 0.29) is 41.0 Å². The Bertz CT molecular complexity index is 1580. The summed E-state index contributed by atoms with van der Waals surface area (Å²) in [7, 11) is -1.87. The number of aliphatic hydroxyl groups is 5. The topological polar surface area (TPSA) is 241 Å². The number of allylic oxidation sites excluding steroid dienone is 1. The first-order chi connectivity index (χ1) is 27.8. The normalized spacial score (nSPS) is 50.9. The van der Waals surface area contributed by atoms with Crippen LogP contribution in [-0.2, 0) is 52.5 Å². The molecule has 6 fully saturated rings. The first-order valence-corrected chi connectivity index (χ1v) is 22.8. The molecular weight excluding hydrogens is 797 g/mol. The average Bonchev–Trinajstić information content (AvgIpc) is 3.48. The van der Waals surface area contributed by atoms with E-state index in [0.29, 0.717) is 31.1 Å². The molecule has 0 amide bonds. The maximum absolute atomic E-state index is 11.3. The third-order valence-electron chi connectivity index (χ3n) is 15.6. The van der Waals surface area contributed by atoms with Crippen LogP contribution in [0.15, 0.2) is 11.6 Å². The van der Waals surface area contributed by atoms with Gasteiger partial charge in [-0.2, -0.15) is 0 Å². The molecule has 0 aromatic carbocycles. The maximum Gasteiger partial charge on any atom is 0.217 e. The monoisotopic (exact) mass is 863 g/mol. The van der Waals surface area contributed by atoms with Crippen molar-refractivity contribution in [2.45, 2.75) is 191 Å². The van der Waals surface area contributed by atoms with Crippen LogP contribution >= 0.6 is 0 Å². The molecule has 0 unspecified atom stereocenters. The highest BCUT2D eigenvalue weighted by atomic mass is 32.3. The van der Waals surface area contributed by atoms with E-state index in [2.05, 4.69) is 24.1 Å². The maximum atomic E-state index is 11.3. The van der Waals surface area contributed by atoms with Gasteiger partial charge in [-0.25, -0.2) is 8.42 Å². The van der Waals surface area contributed by atoms with Crippen LogP contribution in [0, 0.1) is 34.5 Å². The highest BCUT2D eigenvalue weighted by Crippen LogP contribution is 2.67. The lowest BCUT2D eigenvalue weighted by atomic mass is 9.47. The summed E-state index contributed by atoms with van der Waals surface area (Å²) < 4.78 is 86.6. The Morgan fingerprint density at radius 3 is 2.19 bits per heavy atom. The summed E-state index contributed by atoms with van der Waals surface area (Å²) in [6.45, 7) is 9.23. The van der Waals surface area contributed by atoms with Crippen molar-refractivity contribution in [2.24, 2.45) is 34.5 Å². The minimum Gasteiger partial charge on any atom is -0.726 e. The molecule has 3 saturated heterocycles. The van der Waals surface area contributed by atoms with E-state index >= 15 is 0 Å². The molecule has 59 heavy (non-hydrogen) atoms. The fraction of sp³-hybridized carbons (Fsp3) is 0.951. The van der Waals surface area contributed by atoms with Crippen LogP contribution in [0.5, 0.6) is 0 Å². The molecule has 5 N–H and O–H groups in total. The van der Waals surface area contributed by atoms with Gasteiger partial charge in [0.2, 0.25) is 10.4 Å². The molecule has 22 atom stereocenters. The molecule has 0 aromatic heterocycles. The van der Waals surface area contributed by atoms with Crippen LogP contribution in [-0.4, -0.2) is 158 Å². The summed E-state index contributed by atoms with van der Waals surface area (Å²) in [6, 6.07) is 0. The minimum atomic E-state index is -5.11. The summed E-state index contributed by atoms with van der Waals surface area (Å²) in [5.41, 5.74) is 1.06. The fourth-order valence-corrected chi connectivity index (χ4v) is 12.8. The van der Waals surface area contributed by atoms with Crippen molar-refractivity contribution in [1.29, 1.82) is 0 Å². The van der Waals surface area contributed by atoms with Gasteiger partial charge in [-0.15, -0.1) is 0 Å². The SMILES string of the molecule is CO[C@@H]1C[C@H](O[C@@H]2[C@@H](C)O[C@@H](O[C@H]3CC[C@@]4(C)C(=CC[C@H]5[C@@H]6C[C@@H](O[C@@H]7O[C@H](COS(=O)(=O)[O-])[C@@H](O)[C@H](O)[C@H]7O)[C@H]([C@H](C)O)[C@@]6(C)CC[C@@H]54)C3)C[C@H]2OC)O[C@H](C)[C@H]1O. The van der Waals surface area contributed by atoms with Crippen LogP contribution in [0.3, 0.4) is 0 Å². The van der Waals surface area contributed by atoms with E-state index in [1.165, 1.54) is 5.57 Å². The summed E-state index contributed by atoms with van der Waals surface area (Å²) in [6.07, 6.45) is -3.91. The van der Waals surface area contributed by atoms with Gasteiger partial charge in [0, 0.05) is 33.0 Å². The molecule has 18 heteroatoms. The first-order valence-electron chi connectivity index (χ1n) is 21.5. The van der Waals surface area contributed by atoms with Crippen molar-refractivity contribution in [2.75, 3.05) is 20.8 Å². The standard InChI is InChI=1S/C41H68O17S/c1-19(42)33-27(56-39-37(46)36(45)35(44)30(57-39)18-52-59(47,48)49)15-26-24-9-8-22-14-23(10-12-40(22,4)25(24)11-13-41(26,33)5)55-31-17-29(51-7)38(21(3)54-31)58-32-16-28(50-6)34(43)20(2)53-32/h8,19-21,23-39,42-46H,9-18H2,1-7H3,(H,47,48,49)/p-1/t19-,20+,21+,23-,24+,25-,26-,27+,28+,29+,30+,31-,32-,33-,34+,35+,36-,37+,38+,39+,40-,41-/m0/s1. The van der Waals surface area contributed by atoms with Crippen molar-refractivity contribution in [3.63, 3.8) is 0 Å². The Morgan fingerprint density at radius 2 is 1.51 bits per heavy atom. The molecule has 3 aliphatic heterocycles. The molecule has 7 rings (SSSR count). The zero-order chi connectivity index (χ0) is 42.8. The molecule has 17 nitrogen and oxygen atoms in total. The lowest BCUT2D eigenvalue weighted by Gasteiger charge is -2.58. The third kappa shape index (κ3) is 9.09. The summed E-state index contributed by atoms with van der Waals surface area (Å²) in [4.78, 5) is 0. The molecule has 7 aliphatic rings. The van der Waals surface area contributed by atoms with Gasteiger partial charge in [-0.05, 0) is 94.3 Å². The van der Waals surface area contributed by atoms with E-state index in [1.54, 1.807) is 28.1 Å². The second kappa shape index (κ2) is 17.9. The molecule has 3 saturated carbocycles. The van der Waals surface area contributed by atoms with Crippen molar-refractivity contribution >= 4 is 10.4 Å². The van der Waals surface area contributed by atoms with Gasteiger partial charge in [-0.1, -0.05) is 25.5 Å². The highest BCUT2D eigenvalue weighted by Gasteiger charge is 2.63. The van der Waals surface area contributed by atoms with Crippen LogP contribution in [0.4, 0.5) is 0 Å². The smallest absolute Gasteiger partial charge is 0.217 e. The number of hydrogen-bond acceptors (Lipinski definition) is 17. The lowest BCUT2D eigenvalue weighted by Crippen LogP contribution is -2.60. The largest absolute Gasteiger partial charge is 0.726 e. The second-order valence-corrected chi connectivity index (χ2v) is 19.9. The van der Waals surface area contributed by atoms with Crippen LogP contribution in [0.2, 0.25) is 0 Å². The molecule has 0 bridgehead atoms. The van der Waals surface area contributed by atoms with Gasteiger partial charge in [0.1, 0.15) is 36.6 Å². The lowest BCUT2D eigenvalue weighted by molar-refractivity contribution is -0.319. The molecule has 0 radical (unpaired) electrons. The van der Waals surface area contributed by atoms with E-state index in [0.717, 1.165) is 38.5 Å². The van der Waals surface area contributed by atoms with Crippen LogP contribution in [0.1, 0.15) is 92.4 Å². The predicted molar refractivity (Wildman–Crippen MR) is 205 cm³/mol. The van der Waals surface area contributed by atoms with Crippen LogP contribution in [0.25, 0.3) is 0 Å². The number of methoxy groups -OCH3 is 2. The quantitative estimate of drug-likeness (QED) is 0.106. The number of rotatable bonds is 12. The number of ether oxygens (including phenoxy) is 8. The number of aliphatic hydroxyl groups excluding tert-OH is 5. The van der Waals surface area contributed by atoms with E-state index < -0.39 is 96.9 Å². The Kier molecular flexibility index (Phi) is 14.0. The summed E-state index contributed by atoms with van der Waals surface area (Å²) in [5.74, 6) is 0.536. The van der Waals surface area contributed by atoms with Gasteiger partial charge in [0.05, 0.1) is 49.3 Å².